The van der Waals surface area contributed by atoms with Gasteiger partial charge in [-0.05, 0) is 29.1 Å². The molecule has 1 atom stereocenters. The second kappa shape index (κ2) is 7.30. The molecule has 4 aromatic rings. The normalized spacial score (nSPS) is 16.4. The number of hydrazone groups is 1. The zero-order valence-electron chi connectivity index (χ0n) is 14.8. The Kier molecular flexibility index (Phi) is 4.50. The molecule has 138 valence electrons. The van der Waals surface area contributed by atoms with Gasteiger partial charge in [0.25, 0.3) is 0 Å². The highest BCUT2D eigenvalue weighted by molar-refractivity contribution is 7.14. The number of anilines is 1. The van der Waals surface area contributed by atoms with Crippen molar-refractivity contribution in [3.8, 4) is 11.3 Å². The fourth-order valence-corrected chi connectivity index (χ4v) is 4.89. The minimum absolute atomic E-state index is 0.00692. The van der Waals surface area contributed by atoms with Crippen molar-refractivity contribution < 1.29 is 4.39 Å². The molecule has 3 heterocycles. The van der Waals surface area contributed by atoms with E-state index >= 15 is 0 Å². The van der Waals surface area contributed by atoms with Crippen molar-refractivity contribution in [2.75, 3.05) is 5.01 Å². The summed E-state index contributed by atoms with van der Waals surface area (Å²) in [5.41, 5.74) is 4.11. The van der Waals surface area contributed by atoms with Gasteiger partial charge in [-0.25, -0.2) is 14.4 Å². The molecule has 0 radical (unpaired) electrons. The van der Waals surface area contributed by atoms with Crippen molar-refractivity contribution in [1.29, 1.82) is 0 Å². The van der Waals surface area contributed by atoms with Crippen molar-refractivity contribution >= 4 is 33.5 Å². The lowest BCUT2D eigenvalue weighted by Gasteiger charge is -2.21. The van der Waals surface area contributed by atoms with Crippen molar-refractivity contribution in [2.24, 2.45) is 5.10 Å². The third kappa shape index (κ3) is 3.25. The molecular formula is C22H16FN3S2. The summed E-state index contributed by atoms with van der Waals surface area (Å²) in [6, 6.07) is 21.0. The third-order valence-electron chi connectivity index (χ3n) is 4.73. The van der Waals surface area contributed by atoms with Gasteiger partial charge in [0.2, 0.25) is 5.13 Å². The Labute approximate surface area is 170 Å². The maximum absolute atomic E-state index is 13.4. The molecule has 0 bridgehead atoms. The summed E-state index contributed by atoms with van der Waals surface area (Å²) in [7, 11) is 0. The summed E-state index contributed by atoms with van der Waals surface area (Å²) in [5, 5.41) is 11.9. The molecule has 2 aromatic carbocycles. The van der Waals surface area contributed by atoms with Gasteiger partial charge in [-0.3, -0.25) is 0 Å². The standard InChI is InChI=1S/C22H16FN3S2/c23-17-10-8-16(9-11-17)20-13-18(21-7-4-12-27-21)25-26(20)22-24-19(14-28-22)15-5-2-1-3-6-15/h1-12,14,20H,13H2/t20-/m0/s1. The molecule has 0 N–H and O–H groups in total. The first-order chi connectivity index (χ1) is 13.8. The average Bonchev–Trinajstić information content (AvgIpc) is 3.48. The Balaban J connectivity index is 1.53. The number of thiophene rings is 1. The van der Waals surface area contributed by atoms with E-state index in [2.05, 4.69) is 29.0 Å². The first kappa shape index (κ1) is 17.3. The van der Waals surface area contributed by atoms with Gasteiger partial charge < -0.3 is 0 Å². The lowest BCUT2D eigenvalue weighted by atomic mass is 10.0. The van der Waals surface area contributed by atoms with E-state index in [4.69, 9.17) is 10.1 Å². The highest BCUT2D eigenvalue weighted by Crippen LogP contribution is 2.39. The number of hydrogen-bond acceptors (Lipinski definition) is 5. The Hall–Kier alpha value is -2.83. The first-order valence-electron chi connectivity index (χ1n) is 8.95. The quantitative estimate of drug-likeness (QED) is 0.395. The van der Waals surface area contributed by atoms with Crippen LogP contribution < -0.4 is 5.01 Å². The molecular weight excluding hydrogens is 389 g/mol. The molecule has 0 unspecified atom stereocenters. The second-order valence-electron chi connectivity index (χ2n) is 6.52. The molecule has 0 amide bonds. The Morgan fingerprint density at radius 3 is 2.50 bits per heavy atom. The van der Waals surface area contributed by atoms with Crippen molar-refractivity contribution in [1.82, 2.24) is 4.98 Å². The van der Waals surface area contributed by atoms with E-state index in [-0.39, 0.29) is 11.9 Å². The summed E-state index contributed by atoms with van der Waals surface area (Å²) in [6.45, 7) is 0. The summed E-state index contributed by atoms with van der Waals surface area (Å²) in [6.07, 6.45) is 0.770. The molecule has 5 rings (SSSR count). The van der Waals surface area contributed by atoms with Crippen LogP contribution in [0.4, 0.5) is 9.52 Å². The number of thiazole rings is 1. The molecule has 0 spiro atoms. The first-order valence-corrected chi connectivity index (χ1v) is 10.7. The van der Waals surface area contributed by atoms with Gasteiger partial charge >= 0.3 is 0 Å². The highest BCUT2D eigenvalue weighted by Gasteiger charge is 2.32. The van der Waals surface area contributed by atoms with Crippen LogP contribution in [-0.2, 0) is 0 Å². The summed E-state index contributed by atoms with van der Waals surface area (Å²) in [4.78, 5) is 6.00. The van der Waals surface area contributed by atoms with Crippen LogP contribution in [0.1, 0.15) is 22.9 Å². The Bertz CT molecular complexity index is 1100. The molecule has 28 heavy (non-hydrogen) atoms. The number of benzene rings is 2. The molecule has 0 saturated carbocycles. The predicted octanol–water partition coefficient (Wildman–Crippen LogP) is 6.37. The van der Waals surface area contributed by atoms with Gasteiger partial charge in [-0.1, -0.05) is 48.5 Å². The third-order valence-corrected chi connectivity index (χ3v) is 6.48. The highest BCUT2D eigenvalue weighted by atomic mass is 32.1. The van der Waals surface area contributed by atoms with E-state index in [0.29, 0.717) is 0 Å². The van der Waals surface area contributed by atoms with Crippen LogP contribution in [0, 0.1) is 5.82 Å². The summed E-state index contributed by atoms with van der Waals surface area (Å²) in [5.74, 6) is -0.228. The van der Waals surface area contributed by atoms with Crippen molar-refractivity contribution in [3.05, 3.63) is 93.7 Å². The maximum Gasteiger partial charge on any atom is 0.207 e. The van der Waals surface area contributed by atoms with Crippen LogP contribution >= 0.6 is 22.7 Å². The molecule has 0 aliphatic carbocycles. The fourth-order valence-electron chi connectivity index (χ4n) is 3.33. The molecule has 3 nitrogen and oxygen atoms in total. The largest absolute Gasteiger partial charge is 0.231 e. The summed E-state index contributed by atoms with van der Waals surface area (Å²) >= 11 is 3.26. The van der Waals surface area contributed by atoms with Gasteiger partial charge in [-0.15, -0.1) is 22.7 Å². The smallest absolute Gasteiger partial charge is 0.207 e. The van der Waals surface area contributed by atoms with E-state index in [1.54, 1.807) is 22.7 Å². The fraction of sp³-hybridized carbons (Fsp3) is 0.0909. The monoisotopic (exact) mass is 405 g/mol. The maximum atomic E-state index is 13.4. The average molecular weight is 406 g/mol. The zero-order chi connectivity index (χ0) is 18.9. The van der Waals surface area contributed by atoms with Gasteiger partial charge in [0.1, 0.15) is 5.82 Å². The van der Waals surface area contributed by atoms with Crippen molar-refractivity contribution in [3.63, 3.8) is 0 Å². The van der Waals surface area contributed by atoms with Crippen LogP contribution in [0.5, 0.6) is 0 Å². The number of aromatic nitrogens is 1. The number of halogens is 1. The number of hydrogen-bond donors (Lipinski definition) is 0. The number of rotatable bonds is 4. The lowest BCUT2D eigenvalue weighted by Crippen LogP contribution is -2.18. The van der Waals surface area contributed by atoms with Gasteiger partial charge in [-0.2, -0.15) is 5.10 Å². The second-order valence-corrected chi connectivity index (χ2v) is 8.31. The van der Waals surface area contributed by atoms with Gasteiger partial charge in [0.15, 0.2) is 0 Å². The lowest BCUT2D eigenvalue weighted by molar-refractivity contribution is 0.624. The SMILES string of the molecule is Fc1ccc([C@@H]2CC(c3cccs3)=NN2c2nc(-c3ccccc3)cs2)cc1. The minimum atomic E-state index is -0.228. The van der Waals surface area contributed by atoms with Gasteiger partial charge in [0.05, 0.1) is 22.3 Å². The molecule has 0 saturated heterocycles. The van der Waals surface area contributed by atoms with Crippen LogP contribution in [-0.4, -0.2) is 10.7 Å². The van der Waals surface area contributed by atoms with E-state index < -0.39 is 0 Å². The molecule has 1 aliphatic heterocycles. The Morgan fingerprint density at radius 1 is 0.929 bits per heavy atom. The molecule has 2 aromatic heterocycles. The summed E-state index contributed by atoms with van der Waals surface area (Å²) < 4.78 is 13.4. The molecule has 1 aliphatic rings. The molecule has 6 heteroatoms. The molecule has 0 fully saturated rings. The van der Waals surface area contributed by atoms with E-state index in [1.165, 1.54) is 12.1 Å². The van der Waals surface area contributed by atoms with Gasteiger partial charge in [0, 0.05) is 17.4 Å². The van der Waals surface area contributed by atoms with E-state index in [1.807, 2.05) is 41.4 Å². The zero-order valence-corrected chi connectivity index (χ0v) is 16.5. The van der Waals surface area contributed by atoms with Crippen LogP contribution in [0.25, 0.3) is 11.3 Å². The topological polar surface area (TPSA) is 28.5 Å². The van der Waals surface area contributed by atoms with Crippen LogP contribution in [0.15, 0.2) is 82.6 Å². The van der Waals surface area contributed by atoms with E-state index in [0.717, 1.165) is 39.0 Å². The predicted molar refractivity (Wildman–Crippen MR) is 115 cm³/mol. The minimum Gasteiger partial charge on any atom is -0.231 e. The van der Waals surface area contributed by atoms with Crippen molar-refractivity contribution in [2.45, 2.75) is 12.5 Å². The number of nitrogens with zero attached hydrogens (tertiary/aromatic N) is 3. The van der Waals surface area contributed by atoms with Crippen LogP contribution in [0.2, 0.25) is 0 Å². The van der Waals surface area contributed by atoms with E-state index in [9.17, 15) is 4.39 Å². The van der Waals surface area contributed by atoms with Crippen LogP contribution in [0.3, 0.4) is 0 Å². The Morgan fingerprint density at radius 2 is 1.75 bits per heavy atom.